The molecule has 0 aliphatic rings. The fraction of sp³-hybridized carbons (Fsp3) is 0.238. The van der Waals surface area contributed by atoms with Crippen LogP contribution in [0.3, 0.4) is 0 Å². The van der Waals surface area contributed by atoms with Crippen LogP contribution in [0.2, 0.25) is 0 Å². The number of carbonyl (C=O) groups is 2. The molecule has 0 aromatic heterocycles. The third-order valence-corrected chi connectivity index (χ3v) is 4.84. The molecule has 148 valence electrons. The summed E-state index contributed by atoms with van der Waals surface area (Å²) in [6, 6.07) is 12.0. The van der Waals surface area contributed by atoms with Crippen LogP contribution in [0.15, 0.2) is 59.6 Å². The van der Waals surface area contributed by atoms with Crippen molar-refractivity contribution in [3.8, 4) is 5.75 Å². The van der Waals surface area contributed by atoms with Gasteiger partial charge in [-0.25, -0.2) is 4.79 Å². The highest BCUT2D eigenvalue weighted by Crippen LogP contribution is 2.28. The van der Waals surface area contributed by atoms with Gasteiger partial charge in [0.05, 0.1) is 6.04 Å². The van der Waals surface area contributed by atoms with Crippen molar-refractivity contribution in [2.24, 2.45) is 5.73 Å². The fourth-order valence-corrected chi connectivity index (χ4v) is 3.35. The lowest BCUT2D eigenvalue weighted by atomic mass is 10.0. The highest BCUT2D eigenvalue weighted by molar-refractivity contribution is 9.10. The number of nitrogens with zero attached hydrogens (tertiary/aromatic N) is 1. The van der Waals surface area contributed by atoms with Gasteiger partial charge in [-0.1, -0.05) is 46.8 Å². The molecule has 1 amide bonds. The Balaban J connectivity index is 2.09. The van der Waals surface area contributed by atoms with Crippen LogP contribution in [0.1, 0.15) is 11.1 Å². The van der Waals surface area contributed by atoms with Crippen LogP contribution in [0.4, 0.5) is 10.5 Å². The highest BCUT2D eigenvalue weighted by atomic mass is 79.9. The van der Waals surface area contributed by atoms with Gasteiger partial charge in [-0.05, 0) is 48.7 Å². The minimum Gasteiger partial charge on any atom is -0.430 e. The first-order valence-corrected chi connectivity index (χ1v) is 9.45. The maximum Gasteiger partial charge on any atom is 0.514 e. The first-order valence-electron chi connectivity index (χ1n) is 8.66. The molecule has 0 saturated carbocycles. The summed E-state index contributed by atoms with van der Waals surface area (Å²) in [6.45, 7) is 5.40. The van der Waals surface area contributed by atoms with Crippen molar-refractivity contribution in [3.63, 3.8) is 0 Å². The van der Waals surface area contributed by atoms with Crippen molar-refractivity contribution in [2.75, 3.05) is 18.6 Å². The van der Waals surface area contributed by atoms with E-state index >= 15 is 0 Å². The molecule has 2 aromatic carbocycles. The van der Waals surface area contributed by atoms with Gasteiger partial charge in [-0.15, -0.1) is 0 Å². The Bertz CT molecular complexity index is 832. The van der Waals surface area contributed by atoms with Gasteiger partial charge >= 0.3 is 6.16 Å². The van der Waals surface area contributed by atoms with Gasteiger partial charge < -0.3 is 20.1 Å². The molecule has 1 atom stereocenters. The Kier molecular flexibility index (Phi) is 7.78. The maximum absolute atomic E-state index is 12.7. The molecule has 0 unspecified atom stereocenters. The molecule has 0 spiro atoms. The lowest BCUT2D eigenvalue weighted by molar-refractivity contribution is -0.119. The first-order chi connectivity index (χ1) is 13.3. The number of anilines is 1. The van der Waals surface area contributed by atoms with Gasteiger partial charge in [0.25, 0.3) is 0 Å². The summed E-state index contributed by atoms with van der Waals surface area (Å²) in [7, 11) is 1.70. The van der Waals surface area contributed by atoms with Crippen molar-refractivity contribution in [2.45, 2.75) is 19.4 Å². The van der Waals surface area contributed by atoms with E-state index < -0.39 is 12.2 Å². The summed E-state index contributed by atoms with van der Waals surface area (Å²) < 4.78 is 10.6. The molecule has 2 aromatic rings. The number of para-hydroxylation sites is 1. The quantitative estimate of drug-likeness (QED) is 0.394. The summed E-state index contributed by atoms with van der Waals surface area (Å²) >= 11 is 3.47. The van der Waals surface area contributed by atoms with Gasteiger partial charge in [-0.3, -0.25) is 4.79 Å². The Hall–Kier alpha value is -2.64. The number of hydrogen-bond acceptors (Lipinski definition) is 5. The molecule has 2 N–H and O–H groups in total. The summed E-state index contributed by atoms with van der Waals surface area (Å²) in [6.07, 6.45) is 0.982. The minimum absolute atomic E-state index is 0.0724. The molecule has 0 fully saturated rings. The average Bonchev–Trinajstić information content (AvgIpc) is 2.68. The molecular formula is C21H23BrN2O4. The number of aryl methyl sites for hydroxylation is 1. The molecule has 0 radical (unpaired) electrons. The number of carbonyl (C=O) groups excluding carboxylic acids is 2. The summed E-state index contributed by atoms with van der Waals surface area (Å²) in [5, 5.41) is 0. The molecule has 7 heteroatoms. The molecule has 0 aliphatic heterocycles. The second-order valence-corrected chi connectivity index (χ2v) is 7.05. The van der Waals surface area contributed by atoms with Crippen molar-refractivity contribution in [1.82, 2.24) is 0 Å². The van der Waals surface area contributed by atoms with E-state index in [0.717, 1.165) is 16.8 Å². The smallest absolute Gasteiger partial charge is 0.430 e. The number of benzene rings is 2. The van der Waals surface area contributed by atoms with E-state index in [1.165, 1.54) is 6.08 Å². The third kappa shape index (κ3) is 5.68. The van der Waals surface area contributed by atoms with Crippen LogP contribution in [-0.4, -0.2) is 31.8 Å². The van der Waals surface area contributed by atoms with Crippen molar-refractivity contribution in [1.29, 1.82) is 0 Å². The highest BCUT2D eigenvalue weighted by Gasteiger charge is 2.22. The number of nitrogens with two attached hydrogens (primary N) is 1. The van der Waals surface area contributed by atoms with Gasteiger partial charge in [0, 0.05) is 17.2 Å². The zero-order valence-corrected chi connectivity index (χ0v) is 17.4. The number of likely N-dealkylation sites (N-methyl/N-ethyl adjacent to an activating group) is 1. The summed E-state index contributed by atoms with van der Waals surface area (Å²) in [5.41, 5.74) is 8.66. The normalized spacial score (nSPS) is 11.4. The van der Waals surface area contributed by atoms with E-state index in [1.54, 1.807) is 24.1 Å². The van der Waals surface area contributed by atoms with Crippen molar-refractivity contribution in [3.05, 3.63) is 70.7 Å². The topological polar surface area (TPSA) is 81.9 Å². The van der Waals surface area contributed by atoms with Crippen molar-refractivity contribution < 1.29 is 19.1 Å². The molecule has 0 heterocycles. The number of ether oxygens (including phenoxy) is 2. The predicted octanol–water partition coefficient (Wildman–Crippen LogP) is 3.99. The Morgan fingerprint density at radius 3 is 2.57 bits per heavy atom. The van der Waals surface area contributed by atoms with E-state index in [0.29, 0.717) is 16.6 Å². The van der Waals surface area contributed by atoms with Crippen LogP contribution >= 0.6 is 15.9 Å². The largest absolute Gasteiger partial charge is 0.514 e. The van der Waals surface area contributed by atoms with Crippen LogP contribution < -0.4 is 15.4 Å². The third-order valence-electron chi connectivity index (χ3n) is 4.13. The Morgan fingerprint density at radius 1 is 1.29 bits per heavy atom. The van der Waals surface area contributed by atoms with E-state index in [2.05, 4.69) is 22.5 Å². The number of amides is 1. The van der Waals surface area contributed by atoms with Crippen molar-refractivity contribution >= 4 is 33.7 Å². The van der Waals surface area contributed by atoms with Gasteiger partial charge in [0.1, 0.15) is 12.4 Å². The standard InChI is InChI=1S/C21H23BrN2O4/c1-4-10-27-21(26)28-16-11-14(2)17(18(22)12-16)13-19(23)20(25)24(3)15-8-6-5-7-9-15/h4-9,11-12,19H,1,10,13,23H2,2-3H3/t19-/m1/s1. The SMILES string of the molecule is C=CCOC(=O)Oc1cc(C)c(C[C@@H](N)C(=O)N(C)c2ccccc2)c(Br)c1. The molecule has 0 aliphatic carbocycles. The Labute approximate surface area is 173 Å². The second kappa shape index (κ2) is 10.1. The zero-order chi connectivity index (χ0) is 20.7. The maximum atomic E-state index is 12.7. The zero-order valence-electron chi connectivity index (χ0n) is 15.9. The summed E-state index contributed by atoms with van der Waals surface area (Å²) in [5.74, 6) is 0.148. The van der Waals surface area contributed by atoms with E-state index in [-0.39, 0.29) is 12.5 Å². The molecule has 28 heavy (non-hydrogen) atoms. The molecule has 0 saturated heterocycles. The lowest BCUT2D eigenvalue weighted by Gasteiger charge is -2.22. The van der Waals surface area contributed by atoms with Crippen LogP contribution in [-0.2, 0) is 16.0 Å². The van der Waals surface area contributed by atoms with E-state index in [4.69, 9.17) is 15.2 Å². The number of hydrogen-bond donors (Lipinski definition) is 1. The van der Waals surface area contributed by atoms with E-state index in [9.17, 15) is 9.59 Å². The molecular weight excluding hydrogens is 424 g/mol. The first kappa shape index (κ1) is 21.7. The molecule has 0 bridgehead atoms. The second-order valence-electron chi connectivity index (χ2n) is 6.20. The number of rotatable bonds is 7. The van der Waals surface area contributed by atoms with Gasteiger partial charge in [-0.2, -0.15) is 0 Å². The van der Waals surface area contributed by atoms with Crippen LogP contribution in [0, 0.1) is 6.92 Å². The fourth-order valence-electron chi connectivity index (χ4n) is 2.65. The van der Waals surface area contributed by atoms with Crippen LogP contribution in [0.5, 0.6) is 5.75 Å². The average molecular weight is 447 g/mol. The van der Waals surface area contributed by atoms with Crippen LogP contribution in [0.25, 0.3) is 0 Å². The Morgan fingerprint density at radius 2 is 1.96 bits per heavy atom. The molecule has 2 rings (SSSR count). The van der Waals surface area contributed by atoms with Gasteiger partial charge in [0.15, 0.2) is 0 Å². The number of halogens is 1. The van der Waals surface area contributed by atoms with Gasteiger partial charge in [0.2, 0.25) is 5.91 Å². The van der Waals surface area contributed by atoms with E-state index in [1.807, 2.05) is 37.3 Å². The summed E-state index contributed by atoms with van der Waals surface area (Å²) in [4.78, 5) is 25.8. The minimum atomic E-state index is -0.810. The predicted molar refractivity (Wildman–Crippen MR) is 113 cm³/mol. The lowest BCUT2D eigenvalue weighted by Crippen LogP contribution is -2.43. The monoisotopic (exact) mass is 446 g/mol. The molecule has 6 nitrogen and oxygen atoms in total.